The van der Waals surface area contributed by atoms with Crippen molar-refractivity contribution in [2.24, 2.45) is 0 Å². The molecule has 0 unspecified atom stereocenters. The van der Waals surface area contributed by atoms with E-state index in [9.17, 15) is 4.79 Å². The first-order valence-electron chi connectivity index (χ1n) is 4.64. The highest BCUT2D eigenvalue weighted by Gasteiger charge is 1.88. The molecule has 0 amide bonds. The number of hydrogen-bond donors (Lipinski definition) is 1. The Labute approximate surface area is 68.1 Å². The van der Waals surface area contributed by atoms with Crippen molar-refractivity contribution in [1.29, 1.82) is 0 Å². The topological polar surface area (TPSA) is 32.9 Å². The Morgan fingerprint density at radius 2 is 2.67 bits per heavy atom. The van der Waals surface area contributed by atoms with Crippen LogP contribution in [0.5, 0.6) is 0 Å². The van der Waals surface area contributed by atoms with Crippen LogP contribution in [-0.4, -0.2) is 4.98 Å². The summed E-state index contributed by atoms with van der Waals surface area (Å²) in [6, 6.07) is -0.822. The SMILES string of the molecule is [2H]c1c(C([2H])([2H])[2H])[nH]c(=O)c([2H])c1Br. The van der Waals surface area contributed by atoms with Gasteiger partial charge in [-0.05, 0) is 12.9 Å². The van der Waals surface area contributed by atoms with Crippen LogP contribution in [0.3, 0.4) is 0 Å². The van der Waals surface area contributed by atoms with Crippen LogP contribution >= 0.6 is 15.9 Å². The van der Waals surface area contributed by atoms with Crippen molar-refractivity contribution in [1.82, 2.24) is 4.98 Å². The van der Waals surface area contributed by atoms with Crippen molar-refractivity contribution in [3.63, 3.8) is 0 Å². The lowest BCUT2D eigenvalue weighted by Crippen LogP contribution is -2.04. The summed E-state index contributed by atoms with van der Waals surface area (Å²) < 4.78 is 35.6. The largest absolute Gasteiger partial charge is 0.326 e. The highest BCUT2D eigenvalue weighted by Crippen LogP contribution is 2.04. The minimum absolute atomic E-state index is 0.104. The van der Waals surface area contributed by atoms with Crippen molar-refractivity contribution >= 4 is 15.9 Å². The first-order valence-corrected chi connectivity index (χ1v) is 2.94. The Kier molecular flexibility index (Phi) is 0.674. The number of rotatable bonds is 0. The fraction of sp³-hybridized carbons (Fsp3) is 0.167. The standard InChI is InChI=1S/C6H6BrNO/c1-4-2-5(7)3-6(9)8-4/h2-3H,1H3,(H,8,9)/i1D3,2D,3D. The normalized spacial score (nSPS) is 19.0. The van der Waals surface area contributed by atoms with Crippen LogP contribution in [0.2, 0.25) is 0 Å². The third-order valence-electron chi connectivity index (χ3n) is 0.697. The summed E-state index contributed by atoms with van der Waals surface area (Å²) in [5.74, 6) is 0. The number of pyridine rings is 1. The Morgan fingerprint density at radius 1 is 1.89 bits per heavy atom. The molecule has 1 N–H and O–H groups in total. The predicted octanol–water partition coefficient (Wildman–Crippen LogP) is 1.45. The van der Waals surface area contributed by atoms with E-state index in [0.717, 1.165) is 0 Å². The molecule has 0 aliphatic carbocycles. The average Bonchev–Trinajstić information content (AvgIpc) is 2.06. The molecule has 0 bridgehead atoms. The van der Waals surface area contributed by atoms with Gasteiger partial charge in [0.1, 0.15) is 0 Å². The summed E-state index contributed by atoms with van der Waals surface area (Å²) >= 11 is 2.83. The first kappa shape index (κ1) is 2.58. The van der Waals surface area contributed by atoms with Gasteiger partial charge >= 0.3 is 0 Å². The molecule has 1 heterocycles. The molecule has 2 nitrogen and oxygen atoms in total. The number of nitrogens with one attached hydrogen (secondary N) is 1. The van der Waals surface area contributed by atoms with E-state index in [-0.39, 0.29) is 10.5 Å². The molecule has 0 radical (unpaired) electrons. The van der Waals surface area contributed by atoms with Crippen LogP contribution in [0.4, 0.5) is 0 Å². The van der Waals surface area contributed by atoms with Gasteiger partial charge in [-0.1, -0.05) is 15.9 Å². The van der Waals surface area contributed by atoms with E-state index in [1.165, 1.54) is 0 Å². The monoisotopic (exact) mass is 192 g/mol. The van der Waals surface area contributed by atoms with Gasteiger partial charge in [-0.15, -0.1) is 0 Å². The van der Waals surface area contributed by atoms with Gasteiger partial charge in [-0.2, -0.15) is 0 Å². The van der Waals surface area contributed by atoms with E-state index in [1.54, 1.807) is 0 Å². The van der Waals surface area contributed by atoms with Crippen LogP contribution in [-0.2, 0) is 0 Å². The molecule has 0 saturated carbocycles. The summed E-state index contributed by atoms with van der Waals surface area (Å²) in [5, 5.41) is 0. The number of aromatic amines is 1. The number of aromatic nitrogens is 1. The number of H-pyrrole nitrogens is 1. The van der Waals surface area contributed by atoms with Gasteiger partial charge in [0.05, 0.1) is 2.74 Å². The molecule has 48 valence electrons. The summed E-state index contributed by atoms with van der Waals surface area (Å²) in [4.78, 5) is 13.1. The smallest absolute Gasteiger partial charge is 0.249 e. The van der Waals surface area contributed by atoms with E-state index < -0.39 is 24.1 Å². The van der Waals surface area contributed by atoms with E-state index in [1.807, 2.05) is 4.98 Å². The molecule has 3 heteroatoms. The molecule has 0 aliphatic heterocycles. The Bertz CT molecular complexity index is 423. The quantitative estimate of drug-likeness (QED) is 0.664. The van der Waals surface area contributed by atoms with Crippen molar-refractivity contribution in [3.8, 4) is 0 Å². The molecule has 1 aromatic heterocycles. The lowest BCUT2D eigenvalue weighted by atomic mass is 10.4. The molecule has 0 atom stereocenters. The maximum Gasteiger partial charge on any atom is 0.249 e. The minimum Gasteiger partial charge on any atom is -0.326 e. The van der Waals surface area contributed by atoms with Gasteiger partial charge in [-0.3, -0.25) is 4.79 Å². The maximum atomic E-state index is 11.1. The highest BCUT2D eigenvalue weighted by atomic mass is 79.9. The molecule has 9 heavy (non-hydrogen) atoms. The van der Waals surface area contributed by atoms with Gasteiger partial charge in [0, 0.05) is 20.3 Å². The first-order chi connectivity index (χ1) is 6.25. The van der Waals surface area contributed by atoms with E-state index >= 15 is 0 Å². The fourth-order valence-corrected chi connectivity index (χ4v) is 0.795. The lowest BCUT2D eigenvalue weighted by molar-refractivity contribution is 1.13. The molecule has 0 aliphatic rings. The van der Waals surface area contributed by atoms with E-state index in [0.29, 0.717) is 0 Å². The Balaban J connectivity index is 3.57. The van der Waals surface area contributed by atoms with Crippen LogP contribution in [0, 0.1) is 6.85 Å². The molecule has 0 saturated heterocycles. The molecule has 0 fully saturated rings. The van der Waals surface area contributed by atoms with Crippen molar-refractivity contribution in [2.75, 3.05) is 0 Å². The summed E-state index contributed by atoms with van der Waals surface area (Å²) in [6.07, 6.45) is 0. The van der Waals surface area contributed by atoms with Gasteiger partial charge in [0.25, 0.3) is 0 Å². The second kappa shape index (κ2) is 2.35. The third-order valence-corrected chi connectivity index (χ3v) is 1.09. The number of halogens is 1. The predicted molar refractivity (Wildman–Crippen MR) is 39.5 cm³/mol. The molecule has 1 rings (SSSR count). The van der Waals surface area contributed by atoms with Gasteiger partial charge in [0.15, 0.2) is 0 Å². The second-order valence-corrected chi connectivity index (χ2v) is 2.19. The second-order valence-electron chi connectivity index (χ2n) is 1.39. The molecular weight excluding hydrogens is 182 g/mol. The Hall–Kier alpha value is -0.570. The van der Waals surface area contributed by atoms with Gasteiger partial charge in [-0.25, -0.2) is 0 Å². The van der Waals surface area contributed by atoms with Crippen molar-refractivity contribution in [3.05, 3.63) is 32.6 Å². The van der Waals surface area contributed by atoms with Crippen LogP contribution in [0.25, 0.3) is 0 Å². The highest BCUT2D eigenvalue weighted by molar-refractivity contribution is 9.10. The van der Waals surface area contributed by atoms with E-state index in [4.69, 9.17) is 6.85 Å². The number of hydrogen-bond acceptors (Lipinski definition) is 1. The van der Waals surface area contributed by atoms with E-state index in [2.05, 4.69) is 15.9 Å². The third kappa shape index (κ3) is 1.68. The minimum atomic E-state index is -2.55. The zero-order chi connectivity index (χ0) is 11.1. The summed E-state index contributed by atoms with van der Waals surface area (Å²) in [6.45, 7) is -2.55. The molecule has 0 aromatic carbocycles. The molecular formula is C6H6BrNO. The van der Waals surface area contributed by atoms with Crippen molar-refractivity contribution < 1.29 is 6.85 Å². The van der Waals surface area contributed by atoms with Crippen LogP contribution in [0.1, 0.15) is 12.5 Å². The fourth-order valence-electron chi connectivity index (χ4n) is 0.417. The van der Waals surface area contributed by atoms with Gasteiger partial charge in [0.2, 0.25) is 5.56 Å². The zero-order valence-corrected chi connectivity index (χ0v) is 5.87. The summed E-state index contributed by atoms with van der Waals surface area (Å²) in [5.41, 5.74) is -1.27. The lowest BCUT2D eigenvalue weighted by Gasteiger charge is -1.90. The molecule has 1 aromatic rings. The van der Waals surface area contributed by atoms with Gasteiger partial charge < -0.3 is 4.98 Å². The summed E-state index contributed by atoms with van der Waals surface area (Å²) in [7, 11) is 0. The van der Waals surface area contributed by atoms with Crippen LogP contribution in [0.15, 0.2) is 21.4 Å². The maximum absolute atomic E-state index is 11.1. The Morgan fingerprint density at radius 3 is 3.33 bits per heavy atom. The number of aryl methyl sites for hydroxylation is 1. The molecule has 0 spiro atoms. The zero-order valence-electron chi connectivity index (χ0n) is 9.29. The van der Waals surface area contributed by atoms with Crippen molar-refractivity contribution in [2.45, 2.75) is 6.85 Å². The van der Waals surface area contributed by atoms with Crippen LogP contribution < -0.4 is 5.56 Å². The average molecular weight is 193 g/mol.